The molecule has 0 aliphatic rings. The predicted octanol–water partition coefficient (Wildman–Crippen LogP) is 3.13. The Morgan fingerprint density at radius 3 is 2.44 bits per heavy atom. The van der Waals surface area contributed by atoms with Crippen molar-refractivity contribution in [2.24, 2.45) is 0 Å². The highest BCUT2D eigenvalue weighted by Crippen LogP contribution is 2.35. The summed E-state index contributed by atoms with van der Waals surface area (Å²) in [5, 5.41) is 0. The van der Waals surface area contributed by atoms with E-state index in [0.29, 0.717) is 0 Å². The van der Waals surface area contributed by atoms with Crippen LogP contribution in [0, 0.1) is 0 Å². The molecular weight excluding hydrogens is 291 g/mol. The van der Waals surface area contributed by atoms with Crippen molar-refractivity contribution in [3.63, 3.8) is 0 Å². The van der Waals surface area contributed by atoms with E-state index in [1.165, 1.54) is 13.0 Å². The number of hydrogen-bond donors (Lipinski definition) is 1. The first-order valence-electron chi connectivity index (χ1n) is 4.07. The number of alkyl halides is 3. The summed E-state index contributed by atoms with van der Waals surface area (Å²) in [7, 11) is 0. The molecule has 0 radical (unpaired) electrons. The van der Waals surface area contributed by atoms with Crippen LogP contribution in [0.15, 0.2) is 16.6 Å². The third-order valence-electron chi connectivity index (χ3n) is 1.72. The lowest BCUT2D eigenvalue weighted by Gasteiger charge is -2.13. The van der Waals surface area contributed by atoms with Crippen LogP contribution < -0.4 is 10.5 Å². The van der Waals surface area contributed by atoms with Crippen LogP contribution in [0.5, 0.6) is 5.75 Å². The molecule has 0 amide bonds. The number of benzene rings is 1. The van der Waals surface area contributed by atoms with Gasteiger partial charge in [0.2, 0.25) is 0 Å². The van der Waals surface area contributed by atoms with Gasteiger partial charge in [-0.15, -0.1) is 13.2 Å². The van der Waals surface area contributed by atoms with E-state index < -0.39 is 17.9 Å². The van der Waals surface area contributed by atoms with E-state index >= 15 is 0 Å². The van der Waals surface area contributed by atoms with Gasteiger partial charge in [-0.1, -0.05) is 0 Å². The van der Waals surface area contributed by atoms with Gasteiger partial charge in [-0.05, 0) is 35.0 Å². The second-order valence-corrected chi connectivity index (χ2v) is 3.74. The van der Waals surface area contributed by atoms with Crippen molar-refractivity contribution in [3.05, 3.63) is 22.2 Å². The number of nitrogen functional groups attached to an aromatic ring is 1. The van der Waals surface area contributed by atoms with Crippen molar-refractivity contribution >= 4 is 27.4 Å². The van der Waals surface area contributed by atoms with E-state index in [-0.39, 0.29) is 15.7 Å². The number of Topliss-reactive ketones (excluding diaryl/α,β-unsaturated/α-hetero) is 1. The number of carbonyl (C=O) groups excluding carboxylic acids is 1. The Bertz CT molecular complexity index is 431. The number of ether oxygens (including phenoxy) is 1. The molecule has 0 unspecified atom stereocenters. The molecule has 0 fully saturated rings. The fraction of sp³-hybridized carbons (Fsp3) is 0.222. The van der Waals surface area contributed by atoms with Crippen molar-refractivity contribution < 1.29 is 22.7 Å². The second kappa shape index (κ2) is 4.32. The Morgan fingerprint density at radius 1 is 1.44 bits per heavy atom. The molecule has 0 aliphatic heterocycles. The molecule has 1 rings (SSSR count). The third-order valence-corrected chi connectivity index (χ3v) is 2.50. The minimum atomic E-state index is -4.81. The predicted molar refractivity (Wildman–Crippen MR) is 55.2 cm³/mol. The molecule has 0 atom stereocenters. The number of halogens is 4. The van der Waals surface area contributed by atoms with Crippen LogP contribution in [0.3, 0.4) is 0 Å². The molecule has 1 aromatic rings. The summed E-state index contributed by atoms with van der Waals surface area (Å²) in [4.78, 5) is 11.2. The number of hydrogen-bond acceptors (Lipinski definition) is 3. The summed E-state index contributed by atoms with van der Waals surface area (Å²) < 4.78 is 39.6. The van der Waals surface area contributed by atoms with Crippen LogP contribution in [0.1, 0.15) is 17.3 Å². The zero-order valence-corrected chi connectivity index (χ0v) is 9.65. The highest BCUT2D eigenvalue weighted by atomic mass is 79.9. The summed E-state index contributed by atoms with van der Waals surface area (Å²) in [6.45, 7) is 1.20. The maximum Gasteiger partial charge on any atom is 0.573 e. The molecule has 0 saturated carbocycles. The number of rotatable bonds is 2. The van der Waals surface area contributed by atoms with Crippen LogP contribution in [-0.4, -0.2) is 12.1 Å². The quantitative estimate of drug-likeness (QED) is 0.674. The van der Waals surface area contributed by atoms with Gasteiger partial charge in [0, 0.05) is 5.69 Å². The van der Waals surface area contributed by atoms with Crippen molar-refractivity contribution in [1.29, 1.82) is 0 Å². The third kappa shape index (κ3) is 2.88. The van der Waals surface area contributed by atoms with E-state index in [9.17, 15) is 18.0 Å². The van der Waals surface area contributed by atoms with Crippen LogP contribution in [0.4, 0.5) is 18.9 Å². The van der Waals surface area contributed by atoms with Crippen LogP contribution in [-0.2, 0) is 0 Å². The molecule has 0 spiro atoms. The molecule has 0 saturated heterocycles. The fourth-order valence-electron chi connectivity index (χ4n) is 1.13. The molecule has 0 heterocycles. The minimum absolute atomic E-state index is 0.0262. The van der Waals surface area contributed by atoms with E-state index in [4.69, 9.17) is 5.73 Å². The molecular formula is C9H7BrF3NO2. The molecule has 3 nitrogen and oxygen atoms in total. The Kier molecular flexibility index (Phi) is 3.47. The van der Waals surface area contributed by atoms with E-state index in [0.717, 1.165) is 6.07 Å². The molecule has 2 N–H and O–H groups in total. The maximum absolute atomic E-state index is 12.0. The Labute approximate surface area is 97.5 Å². The van der Waals surface area contributed by atoms with Gasteiger partial charge in [0.25, 0.3) is 0 Å². The highest BCUT2D eigenvalue weighted by molar-refractivity contribution is 9.10. The summed E-state index contributed by atoms with van der Waals surface area (Å²) in [6.07, 6.45) is -4.81. The van der Waals surface area contributed by atoms with Gasteiger partial charge >= 0.3 is 6.36 Å². The first-order valence-corrected chi connectivity index (χ1v) is 4.86. The average Bonchev–Trinajstić information content (AvgIpc) is 2.07. The SMILES string of the molecule is CC(=O)c1c(N)ccc(OC(F)(F)F)c1Br. The molecule has 7 heteroatoms. The van der Waals surface area contributed by atoms with Gasteiger partial charge in [-0.3, -0.25) is 4.79 Å². The van der Waals surface area contributed by atoms with Crippen molar-refractivity contribution in [3.8, 4) is 5.75 Å². The standard InChI is InChI=1S/C9H7BrF3NO2/c1-4(15)7-5(14)2-3-6(8(7)10)16-9(11,12)13/h2-3H,14H2,1H3. The Morgan fingerprint density at radius 2 is 2.00 bits per heavy atom. The fourth-order valence-corrected chi connectivity index (χ4v) is 1.85. The lowest BCUT2D eigenvalue weighted by atomic mass is 10.1. The van der Waals surface area contributed by atoms with Gasteiger partial charge < -0.3 is 10.5 Å². The van der Waals surface area contributed by atoms with Crippen LogP contribution in [0.25, 0.3) is 0 Å². The van der Waals surface area contributed by atoms with Crippen LogP contribution in [0.2, 0.25) is 0 Å². The Hall–Kier alpha value is -1.24. The largest absolute Gasteiger partial charge is 0.573 e. The zero-order chi connectivity index (χ0) is 12.5. The molecule has 0 bridgehead atoms. The van der Waals surface area contributed by atoms with E-state index in [1.54, 1.807) is 0 Å². The molecule has 0 aromatic heterocycles. The van der Waals surface area contributed by atoms with E-state index in [1.807, 2.05) is 0 Å². The molecule has 0 aliphatic carbocycles. The summed E-state index contributed by atoms with van der Waals surface area (Å²) in [6, 6.07) is 2.22. The summed E-state index contributed by atoms with van der Waals surface area (Å²) in [5.41, 5.74) is 5.53. The molecule has 16 heavy (non-hydrogen) atoms. The van der Waals surface area contributed by atoms with Gasteiger partial charge in [0.15, 0.2) is 5.78 Å². The number of nitrogens with two attached hydrogens (primary N) is 1. The monoisotopic (exact) mass is 297 g/mol. The second-order valence-electron chi connectivity index (χ2n) is 2.95. The number of carbonyl (C=O) groups is 1. The van der Waals surface area contributed by atoms with Crippen LogP contribution >= 0.6 is 15.9 Å². The van der Waals surface area contributed by atoms with E-state index in [2.05, 4.69) is 20.7 Å². The molecule has 1 aromatic carbocycles. The normalized spacial score (nSPS) is 11.3. The van der Waals surface area contributed by atoms with Gasteiger partial charge in [-0.25, -0.2) is 0 Å². The average molecular weight is 298 g/mol. The van der Waals surface area contributed by atoms with Crippen molar-refractivity contribution in [2.75, 3.05) is 5.73 Å². The number of ketones is 1. The lowest BCUT2D eigenvalue weighted by Crippen LogP contribution is -2.18. The van der Waals surface area contributed by atoms with Crippen molar-refractivity contribution in [2.45, 2.75) is 13.3 Å². The molecule has 88 valence electrons. The highest BCUT2D eigenvalue weighted by Gasteiger charge is 2.32. The minimum Gasteiger partial charge on any atom is -0.405 e. The van der Waals surface area contributed by atoms with Crippen molar-refractivity contribution in [1.82, 2.24) is 0 Å². The number of anilines is 1. The smallest absolute Gasteiger partial charge is 0.405 e. The zero-order valence-electron chi connectivity index (χ0n) is 8.06. The van der Waals surface area contributed by atoms with Gasteiger partial charge in [0.1, 0.15) is 5.75 Å². The van der Waals surface area contributed by atoms with Gasteiger partial charge in [0.05, 0.1) is 10.0 Å². The maximum atomic E-state index is 12.0. The first-order chi connectivity index (χ1) is 7.22. The summed E-state index contributed by atoms with van der Waals surface area (Å²) in [5.74, 6) is -0.941. The van der Waals surface area contributed by atoms with Gasteiger partial charge in [-0.2, -0.15) is 0 Å². The summed E-state index contributed by atoms with van der Waals surface area (Å²) >= 11 is 2.86. The first kappa shape index (κ1) is 12.8. The topological polar surface area (TPSA) is 52.3 Å². The lowest BCUT2D eigenvalue weighted by molar-refractivity contribution is -0.274. The Balaban J connectivity index is 3.24.